The summed E-state index contributed by atoms with van der Waals surface area (Å²) < 4.78 is 10.0. The first-order chi connectivity index (χ1) is 13.1. The molecule has 0 unspecified atom stereocenters. The van der Waals surface area contributed by atoms with Crippen LogP contribution in [0.2, 0.25) is 0 Å². The summed E-state index contributed by atoms with van der Waals surface area (Å²) in [4.78, 5) is 24.9. The highest BCUT2D eigenvalue weighted by Gasteiger charge is 2.47. The predicted molar refractivity (Wildman–Crippen MR) is 100 cm³/mol. The van der Waals surface area contributed by atoms with Crippen LogP contribution in [-0.2, 0) is 32.2 Å². The van der Waals surface area contributed by atoms with Gasteiger partial charge in [0.2, 0.25) is 0 Å². The van der Waals surface area contributed by atoms with Crippen molar-refractivity contribution in [3.05, 3.63) is 71.8 Å². The Morgan fingerprint density at radius 1 is 0.778 bits per heavy atom. The molecule has 2 aromatic rings. The van der Waals surface area contributed by atoms with Crippen molar-refractivity contribution >= 4 is 11.9 Å². The van der Waals surface area contributed by atoms with Gasteiger partial charge in [0.05, 0.1) is 14.2 Å². The van der Waals surface area contributed by atoms with Gasteiger partial charge in [0.15, 0.2) is 0 Å². The van der Waals surface area contributed by atoms with Crippen LogP contribution in [-0.4, -0.2) is 48.3 Å². The Bertz CT molecular complexity index is 701. The average molecular weight is 368 g/mol. The molecule has 1 saturated heterocycles. The van der Waals surface area contributed by atoms with Crippen LogP contribution in [0.4, 0.5) is 0 Å². The highest BCUT2D eigenvalue weighted by molar-refractivity contribution is 5.81. The minimum Gasteiger partial charge on any atom is -0.468 e. The van der Waals surface area contributed by atoms with Crippen LogP contribution in [0.1, 0.15) is 17.5 Å². The first-order valence-corrected chi connectivity index (χ1v) is 8.90. The van der Waals surface area contributed by atoms with Gasteiger partial charge in [-0.2, -0.15) is 0 Å². The summed E-state index contributed by atoms with van der Waals surface area (Å²) in [6.07, 6.45) is 0.332. The van der Waals surface area contributed by atoms with Crippen molar-refractivity contribution in [1.29, 1.82) is 0 Å². The summed E-state index contributed by atoms with van der Waals surface area (Å²) in [6, 6.07) is 18.6. The van der Waals surface area contributed by atoms with Gasteiger partial charge in [0, 0.05) is 19.5 Å². The number of hydrogen-bond donors (Lipinski definition) is 0. The molecule has 2 atom stereocenters. The molecule has 2 aromatic carbocycles. The minimum absolute atomic E-state index is 0.332. The van der Waals surface area contributed by atoms with Gasteiger partial charge in [0.1, 0.15) is 12.1 Å². The molecule has 0 radical (unpaired) electrons. The number of carbonyl (C=O) groups is 2. The van der Waals surface area contributed by atoms with Crippen molar-refractivity contribution in [1.82, 2.24) is 10.0 Å². The van der Waals surface area contributed by atoms with E-state index in [1.807, 2.05) is 70.7 Å². The lowest BCUT2D eigenvalue weighted by atomic mass is 10.1. The summed E-state index contributed by atoms with van der Waals surface area (Å²) in [5.74, 6) is -0.703. The zero-order valence-corrected chi connectivity index (χ0v) is 15.6. The summed E-state index contributed by atoms with van der Waals surface area (Å²) >= 11 is 0. The van der Waals surface area contributed by atoms with E-state index >= 15 is 0 Å². The number of hydrogen-bond acceptors (Lipinski definition) is 6. The number of methoxy groups -OCH3 is 2. The van der Waals surface area contributed by atoms with Crippen LogP contribution in [0, 0.1) is 0 Å². The Balaban J connectivity index is 1.94. The Morgan fingerprint density at radius 3 is 1.48 bits per heavy atom. The van der Waals surface area contributed by atoms with Gasteiger partial charge in [0.25, 0.3) is 0 Å². The van der Waals surface area contributed by atoms with E-state index in [1.165, 1.54) is 14.2 Å². The Hall–Kier alpha value is -2.70. The molecule has 0 bridgehead atoms. The van der Waals surface area contributed by atoms with E-state index in [-0.39, 0.29) is 11.9 Å². The third kappa shape index (κ3) is 4.35. The molecule has 27 heavy (non-hydrogen) atoms. The fourth-order valence-electron chi connectivity index (χ4n) is 3.46. The van der Waals surface area contributed by atoms with Crippen LogP contribution in [0.25, 0.3) is 0 Å². The molecule has 1 heterocycles. The molecule has 6 nitrogen and oxygen atoms in total. The molecule has 0 N–H and O–H groups in total. The van der Waals surface area contributed by atoms with Gasteiger partial charge in [-0.05, 0) is 11.1 Å². The smallest absolute Gasteiger partial charge is 0.324 e. The zero-order valence-electron chi connectivity index (χ0n) is 15.6. The van der Waals surface area contributed by atoms with Crippen molar-refractivity contribution in [2.45, 2.75) is 31.6 Å². The lowest BCUT2D eigenvalue weighted by Gasteiger charge is -2.33. The molecular formula is C21H24N2O4. The van der Waals surface area contributed by atoms with Gasteiger partial charge >= 0.3 is 11.9 Å². The third-order valence-electron chi connectivity index (χ3n) is 4.82. The lowest BCUT2D eigenvalue weighted by Crippen LogP contribution is -2.47. The van der Waals surface area contributed by atoms with Crippen LogP contribution >= 0.6 is 0 Å². The molecule has 0 saturated carbocycles. The van der Waals surface area contributed by atoms with Gasteiger partial charge in [-0.25, -0.2) is 10.0 Å². The highest BCUT2D eigenvalue weighted by atomic mass is 16.5. The fourth-order valence-corrected chi connectivity index (χ4v) is 3.46. The molecule has 0 amide bonds. The first-order valence-electron chi connectivity index (χ1n) is 8.90. The van der Waals surface area contributed by atoms with Gasteiger partial charge < -0.3 is 9.47 Å². The maximum absolute atomic E-state index is 12.4. The van der Waals surface area contributed by atoms with Crippen molar-refractivity contribution in [3.63, 3.8) is 0 Å². The Labute approximate surface area is 159 Å². The molecule has 1 aliphatic heterocycles. The van der Waals surface area contributed by atoms with E-state index in [4.69, 9.17) is 9.47 Å². The van der Waals surface area contributed by atoms with E-state index < -0.39 is 12.1 Å². The van der Waals surface area contributed by atoms with Crippen LogP contribution < -0.4 is 0 Å². The molecule has 1 fully saturated rings. The second-order valence-corrected chi connectivity index (χ2v) is 6.48. The largest absolute Gasteiger partial charge is 0.468 e. The second-order valence-electron chi connectivity index (χ2n) is 6.48. The average Bonchev–Trinajstić information content (AvgIpc) is 3.06. The fraction of sp³-hybridized carbons (Fsp3) is 0.333. The SMILES string of the molecule is COC(=O)[C@H]1C[C@@H](C(=O)OC)N(Cc2ccccc2)N1Cc1ccccc1. The minimum atomic E-state index is -0.539. The number of ether oxygens (including phenoxy) is 2. The lowest BCUT2D eigenvalue weighted by molar-refractivity contribution is -0.158. The standard InChI is InChI=1S/C21H24N2O4/c1-26-20(24)18-13-19(21(25)27-2)23(15-17-11-7-4-8-12-17)22(18)14-16-9-5-3-6-10-16/h3-12,18-19H,13-15H2,1-2H3/t18-,19+. The quantitative estimate of drug-likeness (QED) is 0.730. The van der Waals surface area contributed by atoms with E-state index in [2.05, 4.69) is 0 Å². The third-order valence-corrected chi connectivity index (χ3v) is 4.82. The van der Waals surface area contributed by atoms with Crippen LogP contribution in [0.3, 0.4) is 0 Å². The van der Waals surface area contributed by atoms with E-state index in [9.17, 15) is 9.59 Å². The number of carbonyl (C=O) groups excluding carboxylic acids is 2. The van der Waals surface area contributed by atoms with E-state index in [0.717, 1.165) is 11.1 Å². The van der Waals surface area contributed by atoms with Crippen molar-refractivity contribution in [2.75, 3.05) is 14.2 Å². The molecule has 0 aromatic heterocycles. The van der Waals surface area contributed by atoms with E-state index in [1.54, 1.807) is 0 Å². The van der Waals surface area contributed by atoms with Crippen molar-refractivity contribution in [2.24, 2.45) is 0 Å². The number of hydrazine groups is 1. The maximum Gasteiger partial charge on any atom is 0.324 e. The predicted octanol–water partition coefficient (Wildman–Crippen LogP) is 2.39. The maximum atomic E-state index is 12.4. The molecule has 0 aliphatic carbocycles. The van der Waals surface area contributed by atoms with Crippen molar-refractivity contribution < 1.29 is 19.1 Å². The van der Waals surface area contributed by atoms with Crippen LogP contribution in [0.15, 0.2) is 60.7 Å². The van der Waals surface area contributed by atoms with Gasteiger partial charge in [-0.1, -0.05) is 60.7 Å². The molecule has 0 spiro atoms. The molecule has 6 heteroatoms. The number of rotatable bonds is 6. The Morgan fingerprint density at radius 2 is 1.15 bits per heavy atom. The van der Waals surface area contributed by atoms with E-state index in [0.29, 0.717) is 19.5 Å². The summed E-state index contributed by atoms with van der Waals surface area (Å²) in [5, 5.41) is 3.85. The second kappa shape index (κ2) is 8.79. The van der Waals surface area contributed by atoms with Crippen LogP contribution in [0.5, 0.6) is 0 Å². The highest BCUT2D eigenvalue weighted by Crippen LogP contribution is 2.30. The summed E-state index contributed by atoms with van der Waals surface area (Å²) in [5.41, 5.74) is 2.10. The summed E-state index contributed by atoms with van der Waals surface area (Å²) in [7, 11) is 2.74. The number of nitrogens with zero attached hydrogens (tertiary/aromatic N) is 2. The van der Waals surface area contributed by atoms with Crippen molar-refractivity contribution in [3.8, 4) is 0 Å². The monoisotopic (exact) mass is 368 g/mol. The molecule has 3 rings (SSSR count). The van der Waals surface area contributed by atoms with Gasteiger partial charge in [-0.15, -0.1) is 0 Å². The number of esters is 2. The molecular weight excluding hydrogens is 344 g/mol. The topological polar surface area (TPSA) is 59.1 Å². The molecule has 142 valence electrons. The van der Waals surface area contributed by atoms with Gasteiger partial charge in [-0.3, -0.25) is 9.59 Å². The molecule has 1 aliphatic rings. The Kier molecular flexibility index (Phi) is 6.21. The first kappa shape index (κ1) is 19.1. The normalized spacial score (nSPS) is 20.4. The zero-order chi connectivity index (χ0) is 19.2. The number of benzene rings is 2. The summed E-state index contributed by atoms with van der Waals surface area (Å²) in [6.45, 7) is 1.00.